The van der Waals surface area contributed by atoms with Crippen LogP contribution in [0.1, 0.15) is 10.5 Å². The van der Waals surface area contributed by atoms with Gasteiger partial charge in [0.05, 0.1) is 6.54 Å². The van der Waals surface area contributed by atoms with Crippen LogP contribution in [0.5, 0.6) is 5.75 Å². The lowest BCUT2D eigenvalue weighted by molar-refractivity contribution is 0.107. The average molecular weight is 223 g/mol. The molecule has 4 nitrogen and oxygen atoms in total. The van der Waals surface area contributed by atoms with Gasteiger partial charge in [0.15, 0.2) is 5.69 Å². The molecule has 0 spiro atoms. The Bertz CT molecular complexity index is 562. The first-order valence-corrected chi connectivity index (χ1v) is 4.97. The minimum Gasteiger partial charge on any atom is -0.489 e. The summed E-state index contributed by atoms with van der Waals surface area (Å²) in [6.45, 7) is 1.22. The van der Waals surface area contributed by atoms with Crippen LogP contribution in [0.2, 0.25) is 0 Å². The predicted octanol–water partition coefficient (Wildman–Crippen LogP) is 1.81. The largest absolute Gasteiger partial charge is 0.489 e. The Morgan fingerprint density at radius 2 is 2.40 bits per heavy atom. The van der Waals surface area contributed by atoms with E-state index in [1.54, 1.807) is 4.68 Å². The van der Waals surface area contributed by atoms with E-state index in [-0.39, 0.29) is 0 Å². The number of halogens is 1. The van der Waals surface area contributed by atoms with Crippen LogP contribution in [0, 0.1) is 0 Å². The Morgan fingerprint density at radius 1 is 1.53 bits per heavy atom. The number of para-hydroxylation sites is 1. The van der Waals surface area contributed by atoms with Crippen molar-refractivity contribution in [2.45, 2.75) is 6.54 Å². The molecule has 76 valence electrons. The van der Waals surface area contributed by atoms with E-state index in [2.05, 4.69) is 5.10 Å². The lowest BCUT2D eigenvalue weighted by Gasteiger charge is -2.14. The zero-order valence-corrected chi connectivity index (χ0v) is 8.49. The highest BCUT2D eigenvalue weighted by Crippen LogP contribution is 2.30. The van der Waals surface area contributed by atoms with Crippen LogP contribution in [-0.4, -0.2) is 21.6 Å². The maximum Gasteiger partial charge on any atom is 0.273 e. The minimum absolute atomic E-state index is 0.305. The Hall–Kier alpha value is -1.55. The van der Waals surface area contributed by atoms with Crippen molar-refractivity contribution in [2.75, 3.05) is 6.61 Å². The van der Waals surface area contributed by atoms with Gasteiger partial charge in [0.25, 0.3) is 5.24 Å². The fourth-order valence-electron chi connectivity index (χ4n) is 1.87. The maximum absolute atomic E-state index is 11.2. The molecule has 1 aromatic carbocycles. The molecule has 1 aliphatic heterocycles. The number of ether oxygens (including phenoxy) is 1. The number of carbonyl (C=O) groups is 1. The Labute approximate surface area is 90.4 Å². The summed E-state index contributed by atoms with van der Waals surface area (Å²) in [7, 11) is 0. The summed E-state index contributed by atoms with van der Waals surface area (Å²) in [5.74, 6) is 0.760. The third kappa shape index (κ3) is 1.15. The van der Waals surface area contributed by atoms with E-state index >= 15 is 0 Å². The molecule has 0 unspecified atom stereocenters. The third-order valence-electron chi connectivity index (χ3n) is 2.48. The second kappa shape index (κ2) is 2.97. The maximum atomic E-state index is 11.2. The molecular formula is C10H7ClN2O2. The molecule has 0 aliphatic carbocycles. The van der Waals surface area contributed by atoms with Crippen LogP contribution in [0.15, 0.2) is 18.2 Å². The molecular weight excluding hydrogens is 216 g/mol. The normalized spacial score (nSPS) is 13.9. The zero-order chi connectivity index (χ0) is 10.4. The molecule has 5 heteroatoms. The minimum atomic E-state index is -0.530. The highest BCUT2D eigenvalue weighted by molar-refractivity contribution is 6.68. The van der Waals surface area contributed by atoms with Crippen molar-refractivity contribution < 1.29 is 9.53 Å². The van der Waals surface area contributed by atoms with Crippen LogP contribution in [-0.2, 0) is 6.54 Å². The number of rotatable bonds is 1. The van der Waals surface area contributed by atoms with Gasteiger partial charge in [0, 0.05) is 5.39 Å². The van der Waals surface area contributed by atoms with Gasteiger partial charge in [-0.15, -0.1) is 0 Å². The van der Waals surface area contributed by atoms with Crippen molar-refractivity contribution in [2.24, 2.45) is 0 Å². The smallest absolute Gasteiger partial charge is 0.273 e. The Morgan fingerprint density at radius 3 is 3.20 bits per heavy atom. The SMILES string of the molecule is O=C(Cl)c1nn2c3c(cccc13)OCC2. The van der Waals surface area contributed by atoms with E-state index in [0.29, 0.717) is 18.8 Å². The second-order valence-corrected chi connectivity index (χ2v) is 3.69. The first-order valence-electron chi connectivity index (χ1n) is 4.59. The molecule has 0 saturated heterocycles. The van der Waals surface area contributed by atoms with Crippen molar-refractivity contribution in [1.82, 2.24) is 9.78 Å². The van der Waals surface area contributed by atoms with Crippen LogP contribution in [0.4, 0.5) is 0 Å². The highest BCUT2D eigenvalue weighted by Gasteiger charge is 2.20. The van der Waals surface area contributed by atoms with Gasteiger partial charge < -0.3 is 4.74 Å². The summed E-state index contributed by atoms with van der Waals surface area (Å²) in [4.78, 5) is 11.2. The fourth-order valence-corrected chi connectivity index (χ4v) is 2.01. The van der Waals surface area contributed by atoms with E-state index in [1.165, 1.54) is 0 Å². The van der Waals surface area contributed by atoms with Crippen molar-refractivity contribution in [1.29, 1.82) is 0 Å². The molecule has 15 heavy (non-hydrogen) atoms. The topological polar surface area (TPSA) is 44.1 Å². The van der Waals surface area contributed by atoms with Crippen LogP contribution >= 0.6 is 11.6 Å². The number of nitrogens with zero attached hydrogens (tertiary/aromatic N) is 2. The Balaban J connectivity index is 2.43. The lowest BCUT2D eigenvalue weighted by atomic mass is 10.2. The molecule has 0 amide bonds. The van der Waals surface area contributed by atoms with E-state index in [4.69, 9.17) is 16.3 Å². The van der Waals surface area contributed by atoms with E-state index < -0.39 is 5.24 Å². The molecule has 0 atom stereocenters. The van der Waals surface area contributed by atoms with Crippen molar-refractivity contribution in [3.63, 3.8) is 0 Å². The van der Waals surface area contributed by atoms with Gasteiger partial charge in [-0.25, -0.2) is 0 Å². The number of aromatic nitrogens is 2. The summed E-state index contributed by atoms with van der Waals surface area (Å²) in [5.41, 5.74) is 1.16. The summed E-state index contributed by atoms with van der Waals surface area (Å²) in [6.07, 6.45) is 0. The molecule has 0 bridgehead atoms. The number of carbonyl (C=O) groups excluding carboxylic acids is 1. The lowest BCUT2D eigenvalue weighted by Crippen LogP contribution is -2.15. The van der Waals surface area contributed by atoms with Gasteiger partial charge in [-0.3, -0.25) is 9.48 Å². The monoisotopic (exact) mass is 222 g/mol. The van der Waals surface area contributed by atoms with Gasteiger partial charge in [-0.2, -0.15) is 5.10 Å². The van der Waals surface area contributed by atoms with Crippen LogP contribution in [0.25, 0.3) is 10.9 Å². The van der Waals surface area contributed by atoms with Gasteiger partial charge >= 0.3 is 0 Å². The molecule has 1 aliphatic rings. The molecule has 0 N–H and O–H groups in total. The van der Waals surface area contributed by atoms with Crippen molar-refractivity contribution in [3.8, 4) is 5.75 Å². The molecule has 0 radical (unpaired) electrons. The molecule has 0 fully saturated rings. The summed E-state index contributed by atoms with van der Waals surface area (Å²) < 4.78 is 7.24. The van der Waals surface area contributed by atoms with Crippen molar-refractivity contribution >= 4 is 27.7 Å². The van der Waals surface area contributed by atoms with Crippen molar-refractivity contribution in [3.05, 3.63) is 23.9 Å². The number of benzene rings is 1. The average Bonchev–Trinajstić information content (AvgIpc) is 2.61. The molecule has 2 heterocycles. The zero-order valence-electron chi connectivity index (χ0n) is 7.74. The molecule has 0 saturated carbocycles. The van der Waals surface area contributed by atoms with E-state index in [0.717, 1.165) is 16.7 Å². The predicted molar refractivity (Wildman–Crippen MR) is 55.4 cm³/mol. The van der Waals surface area contributed by atoms with E-state index in [1.807, 2.05) is 18.2 Å². The van der Waals surface area contributed by atoms with Crippen LogP contribution < -0.4 is 4.74 Å². The summed E-state index contributed by atoms with van der Waals surface area (Å²) in [5, 5.41) is 4.40. The third-order valence-corrected chi connectivity index (χ3v) is 2.66. The van der Waals surface area contributed by atoms with Gasteiger partial charge in [-0.05, 0) is 17.7 Å². The fraction of sp³-hybridized carbons (Fsp3) is 0.200. The Kier molecular flexibility index (Phi) is 1.73. The summed E-state index contributed by atoms with van der Waals surface area (Å²) >= 11 is 5.47. The molecule has 1 aromatic heterocycles. The van der Waals surface area contributed by atoms with Gasteiger partial charge in [0.1, 0.15) is 17.9 Å². The number of hydrogen-bond acceptors (Lipinski definition) is 3. The van der Waals surface area contributed by atoms with Crippen LogP contribution in [0.3, 0.4) is 0 Å². The standard InChI is InChI=1S/C10H7ClN2O2/c11-10(14)8-6-2-1-3-7-9(6)13(12-8)4-5-15-7/h1-3H,4-5H2. The molecule has 2 aromatic rings. The quantitative estimate of drug-likeness (QED) is 0.692. The van der Waals surface area contributed by atoms with Gasteiger partial charge in [0.2, 0.25) is 0 Å². The first kappa shape index (κ1) is 8.73. The first-order chi connectivity index (χ1) is 7.27. The molecule has 3 rings (SSSR count). The summed E-state index contributed by atoms with van der Waals surface area (Å²) in [6, 6.07) is 5.52. The highest BCUT2D eigenvalue weighted by atomic mass is 35.5. The van der Waals surface area contributed by atoms with E-state index in [9.17, 15) is 4.79 Å². The second-order valence-electron chi connectivity index (χ2n) is 3.35. The van der Waals surface area contributed by atoms with Gasteiger partial charge in [-0.1, -0.05) is 12.1 Å². The number of hydrogen-bond donors (Lipinski definition) is 0.